The highest BCUT2D eigenvalue weighted by Gasteiger charge is 2.23. The largest absolute Gasteiger partial charge is 0.371 e. The van der Waals surface area contributed by atoms with Gasteiger partial charge in [0.1, 0.15) is 0 Å². The molecule has 0 saturated carbocycles. The number of aryl methyl sites for hydroxylation is 2. The molecule has 2 aliphatic heterocycles. The molecule has 0 bridgehead atoms. The van der Waals surface area contributed by atoms with Crippen LogP contribution in [0.25, 0.3) is 12.2 Å². The Labute approximate surface area is 140 Å². The van der Waals surface area contributed by atoms with Crippen LogP contribution in [0.4, 0.5) is 5.69 Å². The molecule has 2 aromatic carbocycles. The number of benzene rings is 2. The average molecular weight is 354 g/mol. The van der Waals surface area contributed by atoms with Gasteiger partial charge in [0.2, 0.25) is 0 Å². The second-order valence-electron chi connectivity index (χ2n) is 6.27. The second kappa shape index (κ2) is 5.92. The van der Waals surface area contributed by atoms with Gasteiger partial charge in [-0.1, -0.05) is 40.2 Å². The van der Waals surface area contributed by atoms with Gasteiger partial charge in [0.25, 0.3) is 0 Å². The fourth-order valence-corrected chi connectivity index (χ4v) is 3.96. The molecular formula is C20H20BrN. The van der Waals surface area contributed by atoms with Gasteiger partial charge in [-0.05, 0) is 72.2 Å². The molecule has 22 heavy (non-hydrogen) atoms. The van der Waals surface area contributed by atoms with Crippen LogP contribution < -0.4 is 4.90 Å². The first-order valence-corrected chi connectivity index (χ1v) is 8.93. The van der Waals surface area contributed by atoms with Crippen LogP contribution >= 0.6 is 15.9 Å². The third kappa shape index (κ3) is 2.72. The van der Waals surface area contributed by atoms with E-state index in [9.17, 15) is 0 Å². The first-order valence-electron chi connectivity index (χ1n) is 8.14. The van der Waals surface area contributed by atoms with Crippen molar-refractivity contribution >= 4 is 33.8 Å². The Balaban J connectivity index is 1.67. The minimum Gasteiger partial charge on any atom is -0.371 e. The van der Waals surface area contributed by atoms with E-state index >= 15 is 0 Å². The summed E-state index contributed by atoms with van der Waals surface area (Å²) < 4.78 is 1.13. The molecule has 0 aromatic heterocycles. The van der Waals surface area contributed by atoms with Crippen LogP contribution in [0.3, 0.4) is 0 Å². The van der Waals surface area contributed by atoms with E-state index in [4.69, 9.17) is 0 Å². The average Bonchev–Trinajstić information content (AvgIpc) is 2.55. The zero-order valence-electron chi connectivity index (χ0n) is 12.7. The van der Waals surface area contributed by atoms with Crippen molar-refractivity contribution in [1.29, 1.82) is 0 Å². The smallest absolute Gasteiger partial charge is 0.0431 e. The summed E-state index contributed by atoms with van der Waals surface area (Å²) in [6, 6.07) is 13.3. The van der Waals surface area contributed by atoms with Gasteiger partial charge >= 0.3 is 0 Å². The van der Waals surface area contributed by atoms with E-state index in [1.54, 1.807) is 16.8 Å². The first-order chi connectivity index (χ1) is 10.8. The number of hydrogen-bond acceptors (Lipinski definition) is 1. The molecule has 2 aliphatic rings. The SMILES string of the molecule is Brc1ccc(/C=C/c2cc3c4c(c2)CCCN4CCC3)cc1. The van der Waals surface area contributed by atoms with Crippen molar-refractivity contribution in [2.45, 2.75) is 25.7 Å². The zero-order chi connectivity index (χ0) is 14.9. The van der Waals surface area contributed by atoms with Gasteiger partial charge in [-0.2, -0.15) is 0 Å². The van der Waals surface area contributed by atoms with E-state index in [1.165, 1.54) is 49.9 Å². The topological polar surface area (TPSA) is 3.24 Å². The molecule has 1 nitrogen and oxygen atoms in total. The van der Waals surface area contributed by atoms with E-state index in [-0.39, 0.29) is 0 Å². The van der Waals surface area contributed by atoms with E-state index in [0.29, 0.717) is 0 Å². The molecule has 0 amide bonds. The lowest BCUT2D eigenvalue weighted by Crippen LogP contribution is -2.34. The van der Waals surface area contributed by atoms with Gasteiger partial charge in [0, 0.05) is 23.2 Å². The molecule has 0 radical (unpaired) electrons. The lowest BCUT2D eigenvalue weighted by atomic mass is 9.90. The van der Waals surface area contributed by atoms with Crippen LogP contribution in [0, 0.1) is 0 Å². The molecule has 2 aromatic rings. The Morgan fingerprint density at radius 3 is 2.05 bits per heavy atom. The summed E-state index contributed by atoms with van der Waals surface area (Å²) in [5.74, 6) is 0. The lowest BCUT2D eigenvalue weighted by Gasteiger charge is -2.37. The number of rotatable bonds is 2. The maximum absolute atomic E-state index is 3.48. The van der Waals surface area contributed by atoms with E-state index in [2.05, 4.69) is 69.4 Å². The third-order valence-corrected chi connectivity index (χ3v) is 5.22. The maximum Gasteiger partial charge on any atom is 0.0431 e. The van der Waals surface area contributed by atoms with Gasteiger partial charge in [-0.3, -0.25) is 0 Å². The molecule has 2 heteroatoms. The molecule has 0 N–H and O–H groups in total. The third-order valence-electron chi connectivity index (χ3n) is 4.69. The molecule has 0 saturated heterocycles. The summed E-state index contributed by atoms with van der Waals surface area (Å²) in [6.07, 6.45) is 9.54. The molecule has 0 atom stereocenters. The molecule has 4 rings (SSSR count). The second-order valence-corrected chi connectivity index (χ2v) is 7.18. The Bertz CT molecular complexity index is 684. The molecule has 112 valence electrons. The molecule has 0 aliphatic carbocycles. The first kappa shape index (κ1) is 14.1. The van der Waals surface area contributed by atoms with Crippen LogP contribution in [0.15, 0.2) is 40.9 Å². The lowest BCUT2D eigenvalue weighted by molar-refractivity contribution is 0.634. The van der Waals surface area contributed by atoms with Crippen molar-refractivity contribution in [1.82, 2.24) is 0 Å². The standard InChI is InChI=1S/C20H20BrN/c21-19-9-7-15(8-10-19)5-6-16-13-17-3-1-11-22-12-2-4-18(14-16)20(17)22/h5-10,13-14H,1-4,11-12H2/b6-5+. The zero-order valence-corrected chi connectivity index (χ0v) is 14.3. The minimum atomic E-state index is 1.13. The van der Waals surface area contributed by atoms with Crippen molar-refractivity contribution in [3.8, 4) is 0 Å². The summed E-state index contributed by atoms with van der Waals surface area (Å²) in [5, 5.41) is 0. The van der Waals surface area contributed by atoms with E-state index in [0.717, 1.165) is 4.47 Å². The molecule has 0 spiro atoms. The molecule has 2 heterocycles. The highest BCUT2D eigenvalue weighted by Crippen LogP contribution is 2.36. The Morgan fingerprint density at radius 1 is 0.818 bits per heavy atom. The number of anilines is 1. The quantitative estimate of drug-likeness (QED) is 0.660. The number of nitrogens with zero attached hydrogens (tertiary/aromatic N) is 1. The van der Waals surface area contributed by atoms with Gasteiger partial charge in [-0.15, -0.1) is 0 Å². The van der Waals surface area contributed by atoms with Gasteiger partial charge in [-0.25, -0.2) is 0 Å². The van der Waals surface area contributed by atoms with Gasteiger partial charge in [0.15, 0.2) is 0 Å². The minimum absolute atomic E-state index is 1.13. The van der Waals surface area contributed by atoms with Crippen molar-refractivity contribution in [2.24, 2.45) is 0 Å². The van der Waals surface area contributed by atoms with Crippen molar-refractivity contribution in [3.63, 3.8) is 0 Å². The van der Waals surface area contributed by atoms with Crippen molar-refractivity contribution in [3.05, 3.63) is 63.1 Å². The fraction of sp³-hybridized carbons (Fsp3) is 0.300. The summed E-state index contributed by atoms with van der Waals surface area (Å²) in [7, 11) is 0. The molecule has 0 fully saturated rings. The van der Waals surface area contributed by atoms with Crippen LogP contribution in [0.2, 0.25) is 0 Å². The highest BCUT2D eigenvalue weighted by molar-refractivity contribution is 9.10. The summed E-state index contributed by atoms with van der Waals surface area (Å²) in [5.41, 5.74) is 7.26. The van der Waals surface area contributed by atoms with Gasteiger partial charge in [0.05, 0.1) is 0 Å². The summed E-state index contributed by atoms with van der Waals surface area (Å²) in [4.78, 5) is 2.60. The van der Waals surface area contributed by atoms with Crippen molar-refractivity contribution < 1.29 is 0 Å². The predicted molar refractivity (Wildman–Crippen MR) is 98.4 cm³/mol. The van der Waals surface area contributed by atoms with Crippen LogP contribution in [-0.4, -0.2) is 13.1 Å². The normalized spacial score (nSPS) is 16.9. The fourth-order valence-electron chi connectivity index (χ4n) is 3.69. The van der Waals surface area contributed by atoms with Crippen LogP contribution in [-0.2, 0) is 12.8 Å². The summed E-state index contributed by atoms with van der Waals surface area (Å²) >= 11 is 3.48. The van der Waals surface area contributed by atoms with E-state index in [1.807, 2.05) is 0 Å². The highest BCUT2D eigenvalue weighted by atomic mass is 79.9. The molecule has 0 unspecified atom stereocenters. The van der Waals surface area contributed by atoms with Gasteiger partial charge < -0.3 is 4.90 Å². The van der Waals surface area contributed by atoms with Crippen LogP contribution in [0.5, 0.6) is 0 Å². The Morgan fingerprint density at radius 2 is 1.41 bits per heavy atom. The maximum atomic E-state index is 3.48. The van der Waals surface area contributed by atoms with Crippen molar-refractivity contribution in [2.75, 3.05) is 18.0 Å². The summed E-state index contributed by atoms with van der Waals surface area (Å²) in [6.45, 7) is 2.49. The Hall–Kier alpha value is -1.54. The number of hydrogen-bond donors (Lipinski definition) is 0. The predicted octanol–water partition coefficient (Wildman–Crippen LogP) is 5.32. The van der Waals surface area contributed by atoms with E-state index < -0.39 is 0 Å². The number of halogens is 1. The van der Waals surface area contributed by atoms with Crippen LogP contribution in [0.1, 0.15) is 35.1 Å². The molecular weight excluding hydrogens is 334 g/mol. The monoisotopic (exact) mass is 353 g/mol. The Kier molecular flexibility index (Phi) is 3.79.